The quantitative estimate of drug-likeness (QED) is 0.498. The van der Waals surface area contributed by atoms with Gasteiger partial charge in [0.1, 0.15) is 0 Å². The van der Waals surface area contributed by atoms with Gasteiger partial charge in [-0.3, -0.25) is 10.1 Å². The number of rotatable bonds is 6. The first kappa shape index (κ1) is 14.7. The highest BCUT2D eigenvalue weighted by Gasteiger charge is 2.12. The number of hydrogen-bond acceptors (Lipinski definition) is 3. The zero-order valence-corrected chi connectivity index (χ0v) is 12.5. The molecular formula is C15H15BrN2O2. The van der Waals surface area contributed by atoms with E-state index in [4.69, 9.17) is 0 Å². The fraction of sp³-hybridized carbons (Fsp3) is 0.200. The van der Waals surface area contributed by atoms with Crippen molar-refractivity contribution in [3.05, 3.63) is 74.2 Å². The highest BCUT2D eigenvalue weighted by Crippen LogP contribution is 2.22. The second-order valence-corrected chi connectivity index (χ2v) is 5.36. The molecule has 0 spiro atoms. The van der Waals surface area contributed by atoms with Crippen LogP contribution in [0.4, 0.5) is 5.69 Å². The minimum atomic E-state index is -0.347. The van der Waals surface area contributed by atoms with Crippen molar-refractivity contribution in [2.75, 3.05) is 6.54 Å². The van der Waals surface area contributed by atoms with E-state index in [1.54, 1.807) is 12.1 Å². The Balaban J connectivity index is 1.91. The molecule has 0 aromatic heterocycles. The first-order valence-corrected chi connectivity index (χ1v) is 7.13. The van der Waals surface area contributed by atoms with Crippen LogP contribution < -0.4 is 5.32 Å². The Morgan fingerprint density at radius 3 is 2.60 bits per heavy atom. The van der Waals surface area contributed by atoms with E-state index in [9.17, 15) is 10.1 Å². The van der Waals surface area contributed by atoms with Gasteiger partial charge in [0.05, 0.1) is 4.92 Å². The van der Waals surface area contributed by atoms with E-state index < -0.39 is 0 Å². The molecule has 0 aliphatic rings. The molecule has 0 fully saturated rings. The van der Waals surface area contributed by atoms with Gasteiger partial charge in [0.15, 0.2) is 0 Å². The van der Waals surface area contributed by atoms with Gasteiger partial charge in [-0.05, 0) is 30.7 Å². The lowest BCUT2D eigenvalue weighted by Gasteiger charge is -2.06. The summed E-state index contributed by atoms with van der Waals surface area (Å²) in [5.74, 6) is 0. The fourth-order valence-corrected chi connectivity index (χ4v) is 2.38. The maximum Gasteiger partial charge on any atom is 0.273 e. The van der Waals surface area contributed by atoms with Crippen molar-refractivity contribution >= 4 is 21.6 Å². The molecule has 2 rings (SSSR count). The topological polar surface area (TPSA) is 55.2 Å². The average molecular weight is 335 g/mol. The molecular weight excluding hydrogens is 320 g/mol. The van der Waals surface area contributed by atoms with Crippen molar-refractivity contribution in [3.63, 3.8) is 0 Å². The highest BCUT2D eigenvalue weighted by molar-refractivity contribution is 9.10. The number of nitrogens with zero attached hydrogens (tertiary/aromatic N) is 1. The number of halogens is 1. The Kier molecular flexibility index (Phi) is 5.26. The minimum Gasteiger partial charge on any atom is -0.312 e. The number of nitro groups is 1. The second kappa shape index (κ2) is 7.17. The molecule has 5 heteroatoms. The van der Waals surface area contributed by atoms with Crippen LogP contribution in [0.1, 0.15) is 11.1 Å². The van der Waals surface area contributed by atoms with Crippen molar-refractivity contribution in [2.24, 2.45) is 0 Å². The molecule has 0 amide bonds. The van der Waals surface area contributed by atoms with Crippen molar-refractivity contribution in [1.29, 1.82) is 0 Å². The lowest BCUT2D eigenvalue weighted by Crippen LogP contribution is -2.17. The van der Waals surface area contributed by atoms with E-state index in [0.717, 1.165) is 17.4 Å². The lowest BCUT2D eigenvalue weighted by atomic mass is 10.1. The Hall–Kier alpha value is -1.72. The van der Waals surface area contributed by atoms with E-state index in [0.29, 0.717) is 12.1 Å². The van der Waals surface area contributed by atoms with Gasteiger partial charge in [-0.25, -0.2) is 0 Å². The van der Waals surface area contributed by atoms with Crippen LogP contribution in [0.15, 0.2) is 53.0 Å². The third kappa shape index (κ3) is 4.15. The van der Waals surface area contributed by atoms with Crippen LogP contribution in [0.2, 0.25) is 0 Å². The summed E-state index contributed by atoms with van der Waals surface area (Å²) >= 11 is 3.34. The summed E-state index contributed by atoms with van der Waals surface area (Å²) in [6.07, 6.45) is 0.905. The molecule has 20 heavy (non-hydrogen) atoms. The molecule has 0 atom stereocenters. The van der Waals surface area contributed by atoms with Gasteiger partial charge in [-0.1, -0.05) is 46.3 Å². The van der Waals surface area contributed by atoms with Crippen molar-refractivity contribution in [1.82, 2.24) is 5.32 Å². The molecule has 0 aliphatic heterocycles. The van der Waals surface area contributed by atoms with Gasteiger partial charge < -0.3 is 5.32 Å². The third-order valence-corrected chi connectivity index (χ3v) is 3.48. The van der Waals surface area contributed by atoms with E-state index in [2.05, 4.69) is 33.4 Å². The number of hydrogen-bond donors (Lipinski definition) is 1. The third-order valence-electron chi connectivity index (χ3n) is 2.99. The standard InChI is InChI=1S/C15H15BrN2O2/c16-14-6-7-15(18(19)20)13(10-14)11-17-9-8-12-4-2-1-3-5-12/h1-7,10,17H,8-9,11H2. The molecule has 1 N–H and O–H groups in total. The van der Waals surface area contributed by atoms with Crippen LogP contribution in [-0.4, -0.2) is 11.5 Å². The minimum absolute atomic E-state index is 0.153. The van der Waals surface area contributed by atoms with Gasteiger partial charge in [0, 0.05) is 22.6 Å². The highest BCUT2D eigenvalue weighted by atomic mass is 79.9. The van der Waals surface area contributed by atoms with E-state index in [1.807, 2.05) is 18.2 Å². The maximum atomic E-state index is 10.9. The first-order valence-electron chi connectivity index (χ1n) is 6.34. The van der Waals surface area contributed by atoms with Crippen molar-refractivity contribution in [3.8, 4) is 0 Å². The fourth-order valence-electron chi connectivity index (χ4n) is 1.97. The molecule has 0 aliphatic carbocycles. The summed E-state index contributed by atoms with van der Waals surface area (Å²) in [5.41, 5.74) is 2.10. The van der Waals surface area contributed by atoms with Gasteiger partial charge >= 0.3 is 0 Å². The molecule has 0 radical (unpaired) electrons. The largest absolute Gasteiger partial charge is 0.312 e. The van der Waals surface area contributed by atoms with Crippen LogP contribution in [0.25, 0.3) is 0 Å². The molecule has 104 valence electrons. The van der Waals surface area contributed by atoms with Gasteiger partial charge in [-0.15, -0.1) is 0 Å². The summed E-state index contributed by atoms with van der Waals surface area (Å²) in [6.45, 7) is 1.27. The maximum absolute atomic E-state index is 10.9. The Morgan fingerprint density at radius 1 is 1.15 bits per heavy atom. The Bertz CT molecular complexity index is 588. The summed E-state index contributed by atoms with van der Waals surface area (Å²) in [5, 5.41) is 14.2. The summed E-state index contributed by atoms with van der Waals surface area (Å²) in [7, 11) is 0. The van der Waals surface area contributed by atoms with Crippen LogP contribution in [0.3, 0.4) is 0 Å². The molecule has 0 bridgehead atoms. The van der Waals surface area contributed by atoms with Crippen LogP contribution in [0, 0.1) is 10.1 Å². The van der Waals surface area contributed by atoms with E-state index in [-0.39, 0.29) is 10.6 Å². The average Bonchev–Trinajstić information content (AvgIpc) is 2.44. The van der Waals surface area contributed by atoms with Gasteiger partial charge in [-0.2, -0.15) is 0 Å². The summed E-state index contributed by atoms with van der Waals surface area (Å²) < 4.78 is 0.850. The van der Waals surface area contributed by atoms with Crippen LogP contribution in [0.5, 0.6) is 0 Å². The smallest absolute Gasteiger partial charge is 0.273 e. The molecule has 2 aromatic carbocycles. The van der Waals surface area contributed by atoms with Crippen molar-refractivity contribution < 1.29 is 4.92 Å². The molecule has 2 aromatic rings. The van der Waals surface area contributed by atoms with Gasteiger partial charge in [0.2, 0.25) is 0 Å². The monoisotopic (exact) mass is 334 g/mol. The lowest BCUT2D eigenvalue weighted by molar-refractivity contribution is -0.385. The summed E-state index contributed by atoms with van der Waals surface area (Å²) in [4.78, 5) is 10.6. The Morgan fingerprint density at radius 2 is 1.90 bits per heavy atom. The molecule has 0 heterocycles. The number of nitro benzene ring substituents is 1. The van der Waals surface area contributed by atoms with Crippen LogP contribution >= 0.6 is 15.9 Å². The predicted octanol–water partition coefficient (Wildman–Crippen LogP) is 3.69. The molecule has 0 unspecified atom stereocenters. The van der Waals surface area contributed by atoms with Crippen molar-refractivity contribution in [2.45, 2.75) is 13.0 Å². The summed E-state index contributed by atoms with van der Waals surface area (Å²) in [6, 6.07) is 15.1. The number of benzene rings is 2. The van der Waals surface area contributed by atoms with E-state index >= 15 is 0 Å². The molecule has 0 saturated heterocycles. The first-order chi connectivity index (χ1) is 9.66. The molecule has 0 saturated carbocycles. The van der Waals surface area contributed by atoms with Crippen LogP contribution in [-0.2, 0) is 13.0 Å². The zero-order valence-electron chi connectivity index (χ0n) is 10.9. The SMILES string of the molecule is O=[N+]([O-])c1ccc(Br)cc1CNCCc1ccccc1. The second-order valence-electron chi connectivity index (χ2n) is 4.44. The Labute approximate surface area is 126 Å². The predicted molar refractivity (Wildman–Crippen MR) is 82.6 cm³/mol. The van der Waals surface area contributed by atoms with Gasteiger partial charge in [0.25, 0.3) is 5.69 Å². The zero-order chi connectivity index (χ0) is 14.4. The normalized spacial score (nSPS) is 10.4. The number of nitrogens with one attached hydrogen (secondary N) is 1. The van der Waals surface area contributed by atoms with E-state index in [1.165, 1.54) is 11.6 Å². The molecule has 4 nitrogen and oxygen atoms in total.